The lowest BCUT2D eigenvalue weighted by molar-refractivity contribution is 0.0985. The lowest BCUT2D eigenvalue weighted by Gasteiger charge is -2.27. The summed E-state index contributed by atoms with van der Waals surface area (Å²) in [6, 6.07) is 35.0. The van der Waals surface area contributed by atoms with Gasteiger partial charge < -0.3 is 9.80 Å². The highest BCUT2D eigenvalue weighted by Crippen LogP contribution is 2.36. The number of para-hydroxylation sites is 2. The normalized spacial score (nSPS) is 15.2. The highest BCUT2D eigenvalue weighted by Gasteiger charge is 2.30. The zero-order chi connectivity index (χ0) is 28.3. The lowest BCUT2D eigenvalue weighted by atomic mass is 10.0. The smallest absolute Gasteiger partial charge is 0.259 e. The molecule has 204 valence electrons. The highest BCUT2D eigenvalue weighted by molar-refractivity contribution is 9.10. The molecule has 1 aliphatic heterocycles. The van der Waals surface area contributed by atoms with Gasteiger partial charge in [0.05, 0.1) is 28.1 Å². The third kappa shape index (κ3) is 5.82. The summed E-state index contributed by atoms with van der Waals surface area (Å²) in [5.41, 5.74) is 7.80. The van der Waals surface area contributed by atoms with Crippen molar-refractivity contribution in [3.05, 3.63) is 136 Å². The summed E-state index contributed by atoms with van der Waals surface area (Å²) in [4.78, 5) is 23.8. The number of fused-ring (bicyclic) bond motifs is 2. The average Bonchev–Trinajstić information content (AvgIpc) is 3.12. The van der Waals surface area contributed by atoms with Crippen LogP contribution in [-0.4, -0.2) is 24.0 Å². The number of nitrogens with zero attached hydrogens (tertiary/aromatic N) is 3. The minimum Gasteiger partial charge on any atom is -0.365 e. The van der Waals surface area contributed by atoms with E-state index >= 15 is 0 Å². The van der Waals surface area contributed by atoms with E-state index in [1.165, 1.54) is 11.1 Å². The summed E-state index contributed by atoms with van der Waals surface area (Å²) < 4.78 is 0.919. The average molecular weight is 603 g/mol. The number of carbonyl (C=O) groups is 1. The predicted molar refractivity (Wildman–Crippen MR) is 174 cm³/mol. The van der Waals surface area contributed by atoms with Crippen LogP contribution < -0.4 is 9.80 Å². The summed E-state index contributed by atoms with van der Waals surface area (Å²) in [6.45, 7) is 6.61. The van der Waals surface area contributed by atoms with E-state index in [1.54, 1.807) is 0 Å². The van der Waals surface area contributed by atoms with Gasteiger partial charge in [0.1, 0.15) is 0 Å². The number of aryl methyl sites for hydroxylation is 1. The van der Waals surface area contributed by atoms with Gasteiger partial charge in [-0.25, -0.2) is 4.98 Å². The van der Waals surface area contributed by atoms with Crippen LogP contribution in [0.2, 0.25) is 0 Å². The Morgan fingerprint density at radius 2 is 1.61 bits per heavy atom. The zero-order valence-corrected chi connectivity index (χ0v) is 24.9. The van der Waals surface area contributed by atoms with Crippen molar-refractivity contribution in [3.63, 3.8) is 0 Å². The standard InChI is InChI=1S/C36H32BrN3O/c1-25-22-39(24-27-11-4-3-5-12-27)34-14-8-9-15-35(34)40(23-25)36(41)32-21-30(18-16-28-13-7-6-10-26(28)2)38-33-19-17-29(37)20-31(32)33/h3-21,25H,22-24H2,1-2H3/b18-16+. The monoisotopic (exact) mass is 601 g/mol. The van der Waals surface area contributed by atoms with Crippen LogP contribution in [-0.2, 0) is 6.54 Å². The first-order valence-corrected chi connectivity index (χ1v) is 14.8. The molecule has 0 bridgehead atoms. The van der Waals surface area contributed by atoms with Crippen LogP contribution in [0.4, 0.5) is 11.4 Å². The molecule has 0 fully saturated rings. The summed E-state index contributed by atoms with van der Waals surface area (Å²) in [6.07, 6.45) is 4.07. The number of halogens is 1. The van der Waals surface area contributed by atoms with Crippen molar-refractivity contribution in [3.8, 4) is 0 Å². The second-order valence-electron chi connectivity index (χ2n) is 10.8. The third-order valence-corrected chi connectivity index (χ3v) is 8.14. The second-order valence-corrected chi connectivity index (χ2v) is 11.7. The van der Waals surface area contributed by atoms with Crippen molar-refractivity contribution >= 4 is 56.3 Å². The fourth-order valence-corrected chi connectivity index (χ4v) is 5.98. The van der Waals surface area contributed by atoms with Gasteiger partial charge in [0.2, 0.25) is 0 Å². The molecule has 0 N–H and O–H groups in total. The van der Waals surface area contributed by atoms with Gasteiger partial charge >= 0.3 is 0 Å². The van der Waals surface area contributed by atoms with Crippen LogP contribution in [0.25, 0.3) is 23.1 Å². The molecule has 0 spiro atoms. The van der Waals surface area contributed by atoms with E-state index in [9.17, 15) is 4.79 Å². The molecular formula is C36H32BrN3O. The third-order valence-electron chi connectivity index (χ3n) is 7.64. The van der Waals surface area contributed by atoms with E-state index in [1.807, 2.05) is 59.5 Å². The van der Waals surface area contributed by atoms with Crippen LogP contribution in [0.1, 0.15) is 39.7 Å². The van der Waals surface area contributed by atoms with Crippen molar-refractivity contribution in [2.45, 2.75) is 20.4 Å². The SMILES string of the molecule is Cc1ccccc1/C=C/c1cc(C(=O)N2CC(C)CN(Cc3ccccc3)c3ccccc32)c2cc(Br)ccc2n1. The van der Waals surface area contributed by atoms with E-state index in [4.69, 9.17) is 4.98 Å². The van der Waals surface area contributed by atoms with E-state index in [2.05, 4.69) is 95.4 Å². The fourth-order valence-electron chi connectivity index (χ4n) is 5.62. The number of hydrogen-bond acceptors (Lipinski definition) is 3. The van der Waals surface area contributed by atoms with Crippen LogP contribution in [0.5, 0.6) is 0 Å². The molecule has 1 amide bonds. The molecule has 2 heterocycles. The Morgan fingerprint density at radius 1 is 0.878 bits per heavy atom. The number of amides is 1. The van der Waals surface area contributed by atoms with Gasteiger partial charge in [0.25, 0.3) is 5.91 Å². The number of benzene rings is 4. The molecule has 5 aromatic rings. The quantitative estimate of drug-likeness (QED) is 0.202. The number of aromatic nitrogens is 1. The van der Waals surface area contributed by atoms with E-state index in [-0.39, 0.29) is 11.8 Å². The Labute approximate surface area is 250 Å². The van der Waals surface area contributed by atoms with Crippen LogP contribution in [0.15, 0.2) is 108 Å². The van der Waals surface area contributed by atoms with Gasteiger partial charge in [0, 0.05) is 29.5 Å². The Kier molecular flexibility index (Phi) is 7.71. The maximum atomic E-state index is 14.6. The predicted octanol–water partition coefficient (Wildman–Crippen LogP) is 8.78. The van der Waals surface area contributed by atoms with Crippen LogP contribution in [0, 0.1) is 12.8 Å². The van der Waals surface area contributed by atoms with Crippen molar-refractivity contribution in [2.75, 3.05) is 22.9 Å². The first kappa shape index (κ1) is 27.0. The minimum absolute atomic E-state index is 0.0121. The summed E-state index contributed by atoms with van der Waals surface area (Å²) in [7, 11) is 0. The van der Waals surface area contributed by atoms with Gasteiger partial charge in [-0.15, -0.1) is 0 Å². The Balaban J connectivity index is 1.43. The van der Waals surface area contributed by atoms with Gasteiger partial charge in [-0.05, 0) is 72.0 Å². The molecule has 41 heavy (non-hydrogen) atoms. The zero-order valence-electron chi connectivity index (χ0n) is 23.3. The number of pyridine rings is 1. The molecule has 0 saturated carbocycles. The van der Waals surface area contributed by atoms with E-state index in [0.717, 1.165) is 51.1 Å². The molecule has 6 rings (SSSR count). The second kappa shape index (κ2) is 11.7. The number of rotatable bonds is 5. The highest BCUT2D eigenvalue weighted by atomic mass is 79.9. The van der Waals surface area contributed by atoms with Crippen LogP contribution in [0.3, 0.4) is 0 Å². The Bertz CT molecular complexity index is 1750. The molecule has 4 aromatic carbocycles. The van der Waals surface area contributed by atoms with Gasteiger partial charge in [-0.3, -0.25) is 4.79 Å². The molecule has 4 nitrogen and oxygen atoms in total. The van der Waals surface area contributed by atoms with Crippen molar-refractivity contribution in [1.82, 2.24) is 4.98 Å². The van der Waals surface area contributed by atoms with Crippen molar-refractivity contribution in [1.29, 1.82) is 0 Å². The van der Waals surface area contributed by atoms with E-state index < -0.39 is 0 Å². The van der Waals surface area contributed by atoms with E-state index in [0.29, 0.717) is 12.1 Å². The molecule has 0 aliphatic carbocycles. The Morgan fingerprint density at radius 3 is 2.41 bits per heavy atom. The number of carbonyl (C=O) groups excluding carboxylic acids is 1. The summed E-state index contributed by atoms with van der Waals surface area (Å²) in [5.74, 6) is 0.261. The van der Waals surface area contributed by atoms with Crippen molar-refractivity contribution < 1.29 is 4.79 Å². The van der Waals surface area contributed by atoms with Crippen molar-refractivity contribution in [2.24, 2.45) is 5.92 Å². The van der Waals surface area contributed by atoms with Gasteiger partial charge in [-0.2, -0.15) is 0 Å². The summed E-state index contributed by atoms with van der Waals surface area (Å²) in [5, 5.41) is 0.841. The molecule has 1 aliphatic rings. The molecule has 0 radical (unpaired) electrons. The fraction of sp³-hybridized carbons (Fsp3) is 0.167. The maximum absolute atomic E-state index is 14.6. The van der Waals surface area contributed by atoms with Gasteiger partial charge in [0.15, 0.2) is 0 Å². The Hall–Kier alpha value is -4.22. The first-order valence-electron chi connectivity index (χ1n) is 14.0. The molecule has 1 unspecified atom stereocenters. The number of anilines is 2. The summed E-state index contributed by atoms with van der Waals surface area (Å²) >= 11 is 3.61. The largest absolute Gasteiger partial charge is 0.365 e. The topological polar surface area (TPSA) is 36.4 Å². The maximum Gasteiger partial charge on any atom is 0.259 e. The molecule has 1 aromatic heterocycles. The first-order chi connectivity index (χ1) is 20.0. The molecule has 0 saturated heterocycles. The molecule has 5 heteroatoms. The van der Waals surface area contributed by atoms with Gasteiger partial charge in [-0.1, -0.05) is 95.7 Å². The molecular weight excluding hydrogens is 570 g/mol. The number of hydrogen-bond donors (Lipinski definition) is 0. The lowest BCUT2D eigenvalue weighted by Crippen LogP contribution is -2.35. The molecule has 1 atom stereocenters. The van der Waals surface area contributed by atoms with Crippen LogP contribution >= 0.6 is 15.9 Å². The minimum atomic E-state index is -0.0121.